The van der Waals surface area contributed by atoms with E-state index in [-0.39, 0.29) is 6.10 Å². The number of ether oxygens (including phenoxy) is 1. The van der Waals surface area contributed by atoms with Gasteiger partial charge in [-0.15, -0.1) is 0 Å². The van der Waals surface area contributed by atoms with Gasteiger partial charge in [0.15, 0.2) is 0 Å². The number of hydrogen-bond donors (Lipinski definition) is 1. The van der Waals surface area contributed by atoms with E-state index in [1.54, 1.807) is 18.0 Å². The van der Waals surface area contributed by atoms with Gasteiger partial charge in [0.05, 0.1) is 17.9 Å². The molecule has 0 spiro atoms. The second-order valence-electron chi connectivity index (χ2n) is 4.39. The lowest BCUT2D eigenvalue weighted by atomic mass is 9.79. The van der Waals surface area contributed by atoms with E-state index in [0.717, 1.165) is 24.8 Å². The second-order valence-corrected chi connectivity index (χ2v) is 4.39. The lowest BCUT2D eigenvalue weighted by molar-refractivity contribution is -0.0632. The Labute approximate surface area is 89.9 Å². The van der Waals surface area contributed by atoms with Gasteiger partial charge in [0.2, 0.25) is 0 Å². The summed E-state index contributed by atoms with van der Waals surface area (Å²) in [5.41, 5.74) is 0.166. The number of nitrogens with zero attached hydrogens (tertiary/aromatic N) is 2. The van der Waals surface area contributed by atoms with Crippen LogP contribution in [0.25, 0.3) is 0 Å². The SMILES string of the molecule is COC1CCCC(O)(c2cnn(C)c2)C1. The summed E-state index contributed by atoms with van der Waals surface area (Å²) in [6, 6.07) is 0. The van der Waals surface area contributed by atoms with Gasteiger partial charge in [0, 0.05) is 32.3 Å². The first-order chi connectivity index (χ1) is 7.14. The molecule has 84 valence electrons. The van der Waals surface area contributed by atoms with Gasteiger partial charge in [0.25, 0.3) is 0 Å². The Morgan fingerprint density at radius 2 is 2.47 bits per heavy atom. The Hall–Kier alpha value is -0.870. The zero-order valence-corrected chi connectivity index (χ0v) is 9.31. The summed E-state index contributed by atoms with van der Waals surface area (Å²) < 4.78 is 7.05. The normalized spacial score (nSPS) is 31.8. The van der Waals surface area contributed by atoms with Crippen LogP contribution in [0.15, 0.2) is 12.4 Å². The molecule has 2 unspecified atom stereocenters. The van der Waals surface area contributed by atoms with Crippen molar-refractivity contribution in [1.82, 2.24) is 9.78 Å². The van der Waals surface area contributed by atoms with Gasteiger partial charge in [0.1, 0.15) is 0 Å². The summed E-state index contributed by atoms with van der Waals surface area (Å²) in [5.74, 6) is 0. The van der Waals surface area contributed by atoms with E-state index in [9.17, 15) is 5.11 Å². The van der Waals surface area contributed by atoms with Crippen LogP contribution in [0.2, 0.25) is 0 Å². The van der Waals surface area contributed by atoms with E-state index < -0.39 is 5.60 Å². The Morgan fingerprint density at radius 3 is 3.07 bits per heavy atom. The van der Waals surface area contributed by atoms with Gasteiger partial charge in [-0.05, 0) is 19.3 Å². The topological polar surface area (TPSA) is 47.3 Å². The molecule has 0 aromatic carbocycles. The van der Waals surface area contributed by atoms with Crippen molar-refractivity contribution in [3.05, 3.63) is 18.0 Å². The highest BCUT2D eigenvalue weighted by atomic mass is 16.5. The lowest BCUT2D eigenvalue weighted by Gasteiger charge is -2.35. The number of aryl methyl sites for hydroxylation is 1. The molecule has 15 heavy (non-hydrogen) atoms. The zero-order chi connectivity index (χ0) is 10.9. The number of methoxy groups -OCH3 is 1. The van der Waals surface area contributed by atoms with E-state index >= 15 is 0 Å². The third-order valence-corrected chi connectivity index (χ3v) is 3.26. The largest absolute Gasteiger partial charge is 0.385 e. The summed E-state index contributed by atoms with van der Waals surface area (Å²) in [7, 11) is 3.57. The fourth-order valence-electron chi connectivity index (χ4n) is 2.33. The predicted molar refractivity (Wildman–Crippen MR) is 56.4 cm³/mol. The average Bonchev–Trinajstić information content (AvgIpc) is 2.65. The highest BCUT2D eigenvalue weighted by Gasteiger charge is 2.36. The highest BCUT2D eigenvalue weighted by molar-refractivity contribution is 5.16. The fourth-order valence-corrected chi connectivity index (χ4v) is 2.33. The summed E-state index contributed by atoms with van der Waals surface area (Å²) in [6.07, 6.45) is 7.33. The standard InChI is InChI=1S/C11H18N2O2/c1-13-8-9(7-12-13)11(14)5-3-4-10(6-11)15-2/h7-8,10,14H,3-6H2,1-2H3. The molecule has 1 aromatic rings. The summed E-state index contributed by atoms with van der Waals surface area (Å²) in [6.45, 7) is 0. The van der Waals surface area contributed by atoms with Gasteiger partial charge >= 0.3 is 0 Å². The van der Waals surface area contributed by atoms with Crippen molar-refractivity contribution in [3.8, 4) is 0 Å². The molecule has 1 fully saturated rings. The van der Waals surface area contributed by atoms with Crippen LogP contribution in [0, 0.1) is 0 Å². The van der Waals surface area contributed by atoms with E-state index in [4.69, 9.17) is 4.74 Å². The Kier molecular flexibility index (Phi) is 2.80. The Bertz CT molecular complexity index is 337. The molecule has 0 saturated heterocycles. The zero-order valence-electron chi connectivity index (χ0n) is 9.31. The molecule has 1 saturated carbocycles. The summed E-state index contributed by atoms with van der Waals surface area (Å²) in [4.78, 5) is 0. The first-order valence-electron chi connectivity index (χ1n) is 5.38. The minimum Gasteiger partial charge on any atom is -0.385 e. The molecule has 4 nitrogen and oxygen atoms in total. The second kappa shape index (κ2) is 3.94. The molecule has 1 aliphatic rings. The first kappa shape index (κ1) is 10.6. The molecule has 0 bridgehead atoms. The minimum absolute atomic E-state index is 0.170. The van der Waals surface area contributed by atoms with E-state index in [0.29, 0.717) is 6.42 Å². The third kappa shape index (κ3) is 2.06. The molecule has 2 rings (SSSR count). The maximum absolute atomic E-state index is 10.5. The first-order valence-corrected chi connectivity index (χ1v) is 5.38. The van der Waals surface area contributed by atoms with Crippen LogP contribution in [0.5, 0.6) is 0 Å². The molecule has 0 aliphatic heterocycles. The van der Waals surface area contributed by atoms with E-state index in [2.05, 4.69) is 5.10 Å². The van der Waals surface area contributed by atoms with Crippen LogP contribution < -0.4 is 0 Å². The van der Waals surface area contributed by atoms with Crippen LogP contribution >= 0.6 is 0 Å². The van der Waals surface area contributed by atoms with Crippen molar-refractivity contribution < 1.29 is 9.84 Å². The van der Waals surface area contributed by atoms with Crippen molar-refractivity contribution in [2.45, 2.75) is 37.4 Å². The van der Waals surface area contributed by atoms with Gasteiger partial charge in [-0.25, -0.2) is 0 Å². The van der Waals surface area contributed by atoms with Gasteiger partial charge in [-0.3, -0.25) is 4.68 Å². The molecular formula is C11H18N2O2. The number of aromatic nitrogens is 2. The molecule has 0 amide bonds. The molecule has 1 N–H and O–H groups in total. The van der Waals surface area contributed by atoms with Gasteiger partial charge in [-0.2, -0.15) is 5.10 Å². The highest BCUT2D eigenvalue weighted by Crippen LogP contribution is 2.37. The number of aliphatic hydroxyl groups is 1. The smallest absolute Gasteiger partial charge is 0.0951 e. The van der Waals surface area contributed by atoms with Crippen LogP contribution in [-0.4, -0.2) is 28.1 Å². The van der Waals surface area contributed by atoms with E-state index in [1.807, 2.05) is 13.2 Å². The predicted octanol–water partition coefficient (Wildman–Crippen LogP) is 1.20. The van der Waals surface area contributed by atoms with Crippen molar-refractivity contribution in [2.75, 3.05) is 7.11 Å². The molecule has 2 atom stereocenters. The van der Waals surface area contributed by atoms with Crippen LogP contribution in [0.1, 0.15) is 31.2 Å². The fraction of sp³-hybridized carbons (Fsp3) is 0.727. The van der Waals surface area contributed by atoms with E-state index in [1.165, 1.54) is 0 Å². The van der Waals surface area contributed by atoms with Crippen molar-refractivity contribution in [1.29, 1.82) is 0 Å². The molecule has 4 heteroatoms. The molecular weight excluding hydrogens is 192 g/mol. The quantitative estimate of drug-likeness (QED) is 0.797. The summed E-state index contributed by atoms with van der Waals surface area (Å²) in [5, 5.41) is 14.6. The number of hydrogen-bond acceptors (Lipinski definition) is 3. The van der Waals surface area contributed by atoms with Gasteiger partial charge in [-0.1, -0.05) is 0 Å². The number of rotatable bonds is 2. The Balaban J connectivity index is 2.18. The van der Waals surface area contributed by atoms with Gasteiger partial charge < -0.3 is 9.84 Å². The third-order valence-electron chi connectivity index (χ3n) is 3.26. The van der Waals surface area contributed by atoms with Crippen LogP contribution in [-0.2, 0) is 17.4 Å². The maximum Gasteiger partial charge on any atom is 0.0951 e. The lowest BCUT2D eigenvalue weighted by Crippen LogP contribution is -2.35. The maximum atomic E-state index is 10.5. The van der Waals surface area contributed by atoms with Crippen molar-refractivity contribution in [3.63, 3.8) is 0 Å². The van der Waals surface area contributed by atoms with Crippen LogP contribution in [0.4, 0.5) is 0 Å². The molecule has 1 heterocycles. The monoisotopic (exact) mass is 210 g/mol. The summed E-state index contributed by atoms with van der Waals surface area (Å²) >= 11 is 0. The minimum atomic E-state index is -0.743. The molecule has 1 aliphatic carbocycles. The van der Waals surface area contributed by atoms with Crippen LogP contribution in [0.3, 0.4) is 0 Å². The molecule has 1 aromatic heterocycles. The van der Waals surface area contributed by atoms with Crippen molar-refractivity contribution >= 4 is 0 Å². The van der Waals surface area contributed by atoms with Crippen molar-refractivity contribution in [2.24, 2.45) is 7.05 Å². The Morgan fingerprint density at radius 1 is 1.67 bits per heavy atom. The molecule has 0 radical (unpaired) electrons. The average molecular weight is 210 g/mol.